The van der Waals surface area contributed by atoms with E-state index in [9.17, 15) is 9.59 Å². The van der Waals surface area contributed by atoms with E-state index >= 15 is 0 Å². The maximum absolute atomic E-state index is 12.9. The zero-order chi connectivity index (χ0) is 25.3. The lowest BCUT2D eigenvalue weighted by Gasteiger charge is -2.13. The summed E-state index contributed by atoms with van der Waals surface area (Å²) in [4.78, 5) is 25.5. The van der Waals surface area contributed by atoms with Crippen LogP contribution in [0.3, 0.4) is 0 Å². The molecule has 182 valence electrons. The highest BCUT2D eigenvalue weighted by Gasteiger charge is 2.14. The third-order valence-corrected chi connectivity index (χ3v) is 5.57. The Balaban J connectivity index is 1.34. The molecular weight excluding hydrogens is 450 g/mol. The molecule has 0 aliphatic rings. The molecule has 0 saturated carbocycles. The molecule has 0 aromatic heterocycles. The summed E-state index contributed by atoms with van der Waals surface area (Å²) in [5.74, 6) is 0.374. The van der Waals surface area contributed by atoms with Gasteiger partial charge in [0.05, 0.1) is 11.3 Å². The van der Waals surface area contributed by atoms with Crippen LogP contribution in [0.15, 0.2) is 103 Å². The van der Waals surface area contributed by atoms with Crippen molar-refractivity contribution in [3.8, 4) is 5.75 Å². The van der Waals surface area contributed by atoms with Gasteiger partial charge in [0.1, 0.15) is 5.75 Å². The number of para-hydroxylation sites is 2. The number of carbonyl (C=O) groups excluding carboxylic acids is 2. The first kappa shape index (κ1) is 24.5. The molecule has 4 aromatic rings. The van der Waals surface area contributed by atoms with Gasteiger partial charge < -0.3 is 20.7 Å². The SMILES string of the molecule is CC(C)c1ccc(OCC(=O)Nc2ccccc2C(=O)Nc2ccc(Nc3ccccc3)cc2)cc1. The Labute approximate surface area is 211 Å². The number of amides is 2. The van der Waals surface area contributed by atoms with Gasteiger partial charge in [0, 0.05) is 17.1 Å². The van der Waals surface area contributed by atoms with Crippen LogP contribution in [-0.2, 0) is 4.79 Å². The van der Waals surface area contributed by atoms with Crippen molar-refractivity contribution >= 4 is 34.6 Å². The highest BCUT2D eigenvalue weighted by molar-refractivity contribution is 6.10. The molecule has 3 N–H and O–H groups in total. The Kier molecular flexibility index (Phi) is 7.98. The van der Waals surface area contributed by atoms with E-state index in [2.05, 4.69) is 29.8 Å². The summed E-state index contributed by atoms with van der Waals surface area (Å²) in [6, 6.07) is 31.8. The van der Waals surface area contributed by atoms with Crippen molar-refractivity contribution in [1.82, 2.24) is 0 Å². The zero-order valence-electron chi connectivity index (χ0n) is 20.3. The highest BCUT2D eigenvalue weighted by Crippen LogP contribution is 2.22. The molecule has 6 nitrogen and oxygen atoms in total. The van der Waals surface area contributed by atoms with Gasteiger partial charge in [-0.15, -0.1) is 0 Å². The summed E-state index contributed by atoms with van der Waals surface area (Å²) in [5.41, 5.74) is 4.52. The van der Waals surface area contributed by atoms with E-state index in [1.54, 1.807) is 24.3 Å². The maximum Gasteiger partial charge on any atom is 0.262 e. The van der Waals surface area contributed by atoms with E-state index in [0.29, 0.717) is 28.6 Å². The van der Waals surface area contributed by atoms with Crippen molar-refractivity contribution in [3.05, 3.63) is 114 Å². The first-order chi connectivity index (χ1) is 17.5. The van der Waals surface area contributed by atoms with Gasteiger partial charge in [-0.25, -0.2) is 0 Å². The van der Waals surface area contributed by atoms with Gasteiger partial charge in [-0.3, -0.25) is 9.59 Å². The summed E-state index contributed by atoms with van der Waals surface area (Å²) in [5, 5.41) is 8.97. The monoisotopic (exact) mass is 479 g/mol. The molecule has 0 spiro atoms. The van der Waals surface area contributed by atoms with E-state index in [0.717, 1.165) is 11.4 Å². The van der Waals surface area contributed by atoms with Gasteiger partial charge in [-0.1, -0.05) is 56.3 Å². The topological polar surface area (TPSA) is 79.5 Å². The molecule has 2 amide bonds. The van der Waals surface area contributed by atoms with Crippen LogP contribution in [0, 0.1) is 0 Å². The van der Waals surface area contributed by atoms with Crippen LogP contribution in [0.5, 0.6) is 5.75 Å². The first-order valence-corrected chi connectivity index (χ1v) is 11.8. The minimum atomic E-state index is -0.348. The summed E-state index contributed by atoms with van der Waals surface area (Å²) < 4.78 is 5.61. The highest BCUT2D eigenvalue weighted by atomic mass is 16.5. The van der Waals surface area contributed by atoms with Crippen molar-refractivity contribution in [2.45, 2.75) is 19.8 Å². The molecule has 6 heteroatoms. The van der Waals surface area contributed by atoms with Crippen molar-refractivity contribution in [2.24, 2.45) is 0 Å². The van der Waals surface area contributed by atoms with Crippen molar-refractivity contribution in [2.75, 3.05) is 22.6 Å². The molecule has 0 bridgehead atoms. The summed E-state index contributed by atoms with van der Waals surface area (Å²) in [6.07, 6.45) is 0. The molecule has 0 fully saturated rings. The largest absolute Gasteiger partial charge is 0.484 e. The Morgan fingerprint density at radius 3 is 2.00 bits per heavy atom. The molecule has 0 radical (unpaired) electrons. The average molecular weight is 480 g/mol. The van der Waals surface area contributed by atoms with Crippen LogP contribution in [0.25, 0.3) is 0 Å². The Morgan fingerprint density at radius 1 is 0.694 bits per heavy atom. The normalized spacial score (nSPS) is 10.5. The minimum absolute atomic E-state index is 0.160. The molecule has 0 unspecified atom stereocenters. The Hall–Kier alpha value is -4.58. The molecule has 0 saturated heterocycles. The molecule has 0 aliphatic heterocycles. The van der Waals surface area contributed by atoms with Crippen LogP contribution >= 0.6 is 0 Å². The minimum Gasteiger partial charge on any atom is -0.484 e. The molecule has 4 aromatic carbocycles. The molecule has 36 heavy (non-hydrogen) atoms. The van der Waals surface area contributed by atoms with Crippen LogP contribution in [0.1, 0.15) is 35.7 Å². The van der Waals surface area contributed by atoms with Gasteiger partial charge >= 0.3 is 0 Å². The molecule has 0 atom stereocenters. The zero-order valence-corrected chi connectivity index (χ0v) is 20.3. The van der Waals surface area contributed by atoms with Gasteiger partial charge in [0.25, 0.3) is 11.8 Å². The third-order valence-electron chi connectivity index (χ3n) is 5.57. The summed E-state index contributed by atoms with van der Waals surface area (Å²) >= 11 is 0. The lowest BCUT2D eigenvalue weighted by Crippen LogP contribution is -2.22. The Bertz CT molecular complexity index is 1300. The maximum atomic E-state index is 12.9. The average Bonchev–Trinajstić information content (AvgIpc) is 2.90. The molecular formula is C30H29N3O3. The predicted molar refractivity (Wildman–Crippen MR) is 145 cm³/mol. The number of rotatable bonds is 9. The van der Waals surface area contributed by atoms with Gasteiger partial charge in [-0.2, -0.15) is 0 Å². The fourth-order valence-corrected chi connectivity index (χ4v) is 3.60. The molecule has 4 rings (SSSR count). The Morgan fingerprint density at radius 2 is 1.31 bits per heavy atom. The number of anilines is 4. The van der Waals surface area contributed by atoms with E-state index in [1.807, 2.05) is 78.9 Å². The predicted octanol–water partition coefficient (Wildman–Crippen LogP) is 6.82. The van der Waals surface area contributed by atoms with Crippen LogP contribution < -0.4 is 20.7 Å². The van der Waals surface area contributed by atoms with Crippen LogP contribution in [0.4, 0.5) is 22.7 Å². The number of hydrogen-bond acceptors (Lipinski definition) is 4. The molecule has 0 aliphatic carbocycles. The van der Waals surface area contributed by atoms with Crippen molar-refractivity contribution in [1.29, 1.82) is 0 Å². The van der Waals surface area contributed by atoms with E-state index in [4.69, 9.17) is 4.74 Å². The smallest absolute Gasteiger partial charge is 0.262 e. The number of carbonyl (C=O) groups is 2. The van der Waals surface area contributed by atoms with E-state index < -0.39 is 0 Å². The lowest BCUT2D eigenvalue weighted by atomic mass is 10.0. The number of hydrogen-bond donors (Lipinski definition) is 3. The van der Waals surface area contributed by atoms with E-state index in [-0.39, 0.29) is 18.4 Å². The second-order valence-corrected chi connectivity index (χ2v) is 8.63. The first-order valence-electron chi connectivity index (χ1n) is 11.8. The van der Waals surface area contributed by atoms with Crippen LogP contribution in [-0.4, -0.2) is 18.4 Å². The quantitative estimate of drug-likeness (QED) is 0.246. The number of benzene rings is 4. The van der Waals surface area contributed by atoms with Crippen molar-refractivity contribution in [3.63, 3.8) is 0 Å². The van der Waals surface area contributed by atoms with E-state index in [1.165, 1.54) is 5.56 Å². The second kappa shape index (κ2) is 11.7. The van der Waals surface area contributed by atoms with Gasteiger partial charge in [-0.05, 0) is 72.1 Å². The summed E-state index contributed by atoms with van der Waals surface area (Å²) in [6.45, 7) is 4.08. The van der Waals surface area contributed by atoms with Gasteiger partial charge in [0.2, 0.25) is 0 Å². The molecule has 0 heterocycles. The van der Waals surface area contributed by atoms with Crippen LogP contribution in [0.2, 0.25) is 0 Å². The fraction of sp³-hybridized carbons (Fsp3) is 0.133. The standard InChI is InChI=1S/C30H29N3O3/c1-21(2)22-12-18-26(19-13-22)36-20-29(34)33-28-11-7-6-10-27(28)30(35)32-25-16-14-24(15-17-25)31-23-8-4-3-5-9-23/h3-19,21,31H,20H2,1-2H3,(H,32,35)(H,33,34). The number of nitrogens with one attached hydrogen (secondary N) is 3. The fourth-order valence-electron chi connectivity index (χ4n) is 3.60. The summed E-state index contributed by atoms with van der Waals surface area (Å²) in [7, 11) is 0. The lowest BCUT2D eigenvalue weighted by molar-refractivity contribution is -0.118. The number of ether oxygens (including phenoxy) is 1. The second-order valence-electron chi connectivity index (χ2n) is 8.63. The third kappa shape index (κ3) is 6.73. The van der Waals surface area contributed by atoms with Crippen molar-refractivity contribution < 1.29 is 14.3 Å². The van der Waals surface area contributed by atoms with Gasteiger partial charge in [0.15, 0.2) is 6.61 Å².